The third-order valence-electron chi connectivity index (χ3n) is 3.42. The van der Waals surface area contributed by atoms with Crippen molar-refractivity contribution in [2.24, 2.45) is 0 Å². The summed E-state index contributed by atoms with van der Waals surface area (Å²) in [5.41, 5.74) is 0.459. The molecule has 1 amide bonds. The summed E-state index contributed by atoms with van der Waals surface area (Å²) < 4.78 is 18.4. The topological polar surface area (TPSA) is 108 Å². The molecule has 0 spiro atoms. The lowest BCUT2D eigenvalue weighted by molar-refractivity contribution is -0.117. The number of carbonyl (C=O) groups is 1. The summed E-state index contributed by atoms with van der Waals surface area (Å²) in [5, 5.41) is 11.3. The average Bonchev–Trinajstić information content (AvgIpc) is 2.64. The highest BCUT2D eigenvalue weighted by atomic mass is 32.2. The van der Waals surface area contributed by atoms with Crippen LogP contribution in [0.5, 0.6) is 5.75 Å². The summed E-state index contributed by atoms with van der Waals surface area (Å²) in [6, 6.07) is 8.65. The number of aromatic amines is 1. The molecule has 27 heavy (non-hydrogen) atoms. The fraction of sp³-hybridized carbons (Fsp3) is 0.222. The van der Waals surface area contributed by atoms with Crippen LogP contribution in [0.25, 0.3) is 0 Å². The van der Waals surface area contributed by atoms with Crippen LogP contribution in [0.2, 0.25) is 0 Å². The second-order valence-corrected chi connectivity index (χ2v) is 6.61. The van der Waals surface area contributed by atoms with E-state index in [2.05, 4.69) is 15.3 Å². The quantitative estimate of drug-likeness (QED) is 0.327. The van der Waals surface area contributed by atoms with Crippen LogP contribution in [0.4, 0.5) is 4.39 Å². The number of rotatable bonds is 7. The van der Waals surface area contributed by atoms with Crippen LogP contribution in [0, 0.1) is 17.1 Å². The van der Waals surface area contributed by atoms with Gasteiger partial charge in [0, 0.05) is 11.6 Å². The number of nitriles is 1. The Morgan fingerprint density at radius 1 is 1.37 bits per heavy atom. The first kappa shape index (κ1) is 20.2. The smallest absolute Gasteiger partial charge is 0.251 e. The maximum absolute atomic E-state index is 12.9. The molecule has 0 fully saturated rings. The minimum absolute atomic E-state index is 0.0352. The summed E-state index contributed by atoms with van der Waals surface area (Å²) in [7, 11) is 0. The van der Waals surface area contributed by atoms with Gasteiger partial charge in [0.2, 0.25) is 5.91 Å². The standard InChI is InChI=1S/C18H17FN4O3S/c1-11(17(25)21-8-7-20)12(2)27-18-22-14(9-16(24)23-18)10-26-15-5-3-13(19)4-6-15/h3-6,9H,8,10H2,1-2H3,(H,21,25)(H,22,23,24)/b12-11+. The number of allylic oxidation sites excluding steroid dienone is 1. The van der Waals surface area contributed by atoms with E-state index in [1.165, 1.54) is 30.3 Å². The predicted molar refractivity (Wildman–Crippen MR) is 98.4 cm³/mol. The van der Waals surface area contributed by atoms with Crippen LogP contribution in [0.15, 0.2) is 50.8 Å². The van der Waals surface area contributed by atoms with Gasteiger partial charge in [-0.15, -0.1) is 0 Å². The molecule has 2 rings (SSSR count). The van der Waals surface area contributed by atoms with Crippen molar-refractivity contribution >= 4 is 17.7 Å². The highest BCUT2D eigenvalue weighted by Crippen LogP contribution is 2.25. The van der Waals surface area contributed by atoms with Crippen LogP contribution in [-0.4, -0.2) is 22.4 Å². The molecule has 0 unspecified atom stereocenters. The zero-order valence-corrected chi connectivity index (χ0v) is 15.5. The van der Waals surface area contributed by atoms with Gasteiger partial charge < -0.3 is 15.0 Å². The van der Waals surface area contributed by atoms with Crippen molar-refractivity contribution in [3.8, 4) is 11.8 Å². The number of amides is 1. The van der Waals surface area contributed by atoms with E-state index in [0.29, 0.717) is 27.1 Å². The van der Waals surface area contributed by atoms with E-state index in [1.807, 2.05) is 6.07 Å². The average molecular weight is 388 g/mol. The number of H-pyrrole nitrogens is 1. The van der Waals surface area contributed by atoms with Gasteiger partial charge in [-0.25, -0.2) is 9.37 Å². The first-order chi connectivity index (χ1) is 12.9. The van der Waals surface area contributed by atoms with Crippen molar-refractivity contribution in [2.45, 2.75) is 25.6 Å². The van der Waals surface area contributed by atoms with Crippen molar-refractivity contribution in [1.82, 2.24) is 15.3 Å². The molecule has 140 valence electrons. The number of halogens is 1. The monoisotopic (exact) mass is 388 g/mol. The fourth-order valence-electron chi connectivity index (χ4n) is 1.93. The van der Waals surface area contributed by atoms with Crippen molar-refractivity contribution < 1.29 is 13.9 Å². The second-order valence-electron chi connectivity index (χ2n) is 5.41. The van der Waals surface area contributed by atoms with Crippen molar-refractivity contribution in [2.75, 3.05) is 6.54 Å². The first-order valence-electron chi connectivity index (χ1n) is 7.88. The van der Waals surface area contributed by atoms with Gasteiger partial charge in [-0.1, -0.05) is 11.8 Å². The molecule has 1 aromatic heterocycles. The van der Waals surface area contributed by atoms with Crippen LogP contribution >= 0.6 is 11.8 Å². The Balaban J connectivity index is 2.10. The summed E-state index contributed by atoms with van der Waals surface area (Å²) in [6.45, 7) is 3.29. The van der Waals surface area contributed by atoms with Crippen LogP contribution in [-0.2, 0) is 11.4 Å². The fourth-order valence-corrected chi connectivity index (χ4v) is 2.78. The Hall–Kier alpha value is -3.12. The predicted octanol–water partition coefficient (Wildman–Crippen LogP) is 2.51. The largest absolute Gasteiger partial charge is 0.487 e. The Kier molecular flexibility index (Phi) is 7.14. The Morgan fingerprint density at radius 2 is 2.07 bits per heavy atom. The van der Waals surface area contributed by atoms with E-state index < -0.39 is 0 Å². The van der Waals surface area contributed by atoms with Gasteiger partial charge in [-0.3, -0.25) is 9.59 Å². The maximum Gasteiger partial charge on any atom is 0.251 e. The minimum Gasteiger partial charge on any atom is -0.487 e. The molecular weight excluding hydrogens is 371 g/mol. The zero-order valence-electron chi connectivity index (χ0n) is 14.7. The third kappa shape index (κ3) is 6.27. The molecule has 0 atom stereocenters. The number of nitrogens with zero attached hydrogens (tertiary/aromatic N) is 2. The van der Waals surface area contributed by atoms with E-state index in [0.717, 1.165) is 11.8 Å². The van der Waals surface area contributed by atoms with Crippen LogP contribution in [0.1, 0.15) is 19.5 Å². The number of carbonyl (C=O) groups excluding carboxylic acids is 1. The highest BCUT2D eigenvalue weighted by molar-refractivity contribution is 8.02. The van der Waals surface area contributed by atoms with Crippen molar-refractivity contribution in [3.63, 3.8) is 0 Å². The number of thioether (sulfide) groups is 1. The first-order valence-corrected chi connectivity index (χ1v) is 8.69. The van der Waals surface area contributed by atoms with Crippen LogP contribution in [0.3, 0.4) is 0 Å². The number of benzene rings is 1. The van der Waals surface area contributed by atoms with E-state index in [-0.39, 0.29) is 30.4 Å². The number of hydrogen-bond donors (Lipinski definition) is 2. The number of ether oxygens (including phenoxy) is 1. The molecule has 9 heteroatoms. The number of nitrogens with one attached hydrogen (secondary N) is 2. The molecule has 1 aromatic carbocycles. The van der Waals surface area contributed by atoms with Gasteiger partial charge in [0.1, 0.15) is 24.7 Å². The normalized spacial score (nSPS) is 11.3. The molecule has 0 radical (unpaired) electrons. The molecule has 1 heterocycles. The molecule has 0 aliphatic rings. The van der Waals surface area contributed by atoms with Gasteiger partial charge in [-0.05, 0) is 43.0 Å². The molecule has 0 aliphatic heterocycles. The molecule has 0 saturated heterocycles. The lowest BCUT2D eigenvalue weighted by atomic mass is 10.3. The summed E-state index contributed by atoms with van der Waals surface area (Å²) in [5.74, 6) is -0.278. The lowest BCUT2D eigenvalue weighted by Crippen LogP contribution is -2.24. The molecule has 0 bridgehead atoms. The van der Waals surface area contributed by atoms with Gasteiger partial charge in [0.25, 0.3) is 5.56 Å². The Labute approximate surface area is 159 Å². The van der Waals surface area contributed by atoms with Gasteiger partial charge in [0.05, 0.1) is 11.8 Å². The van der Waals surface area contributed by atoms with Gasteiger partial charge in [0.15, 0.2) is 5.16 Å². The summed E-state index contributed by atoms with van der Waals surface area (Å²) in [6.07, 6.45) is 0. The minimum atomic E-state index is -0.369. The Bertz CT molecular complexity index is 948. The lowest BCUT2D eigenvalue weighted by Gasteiger charge is -2.09. The SMILES string of the molecule is C/C(Sc1nc(COc2ccc(F)cc2)cc(=O)[nH]1)=C(/C)C(=O)NCC#N. The molecule has 2 N–H and O–H groups in total. The van der Waals surface area contributed by atoms with E-state index in [9.17, 15) is 14.0 Å². The molecule has 2 aromatic rings. The summed E-state index contributed by atoms with van der Waals surface area (Å²) >= 11 is 1.13. The molecule has 0 saturated carbocycles. The molecule has 7 nitrogen and oxygen atoms in total. The molecular formula is C18H17FN4O3S. The zero-order chi connectivity index (χ0) is 19.8. The number of hydrogen-bond acceptors (Lipinski definition) is 6. The van der Waals surface area contributed by atoms with Gasteiger partial charge >= 0.3 is 0 Å². The maximum atomic E-state index is 12.9. The highest BCUT2D eigenvalue weighted by Gasteiger charge is 2.11. The van der Waals surface area contributed by atoms with E-state index in [4.69, 9.17) is 10.00 Å². The van der Waals surface area contributed by atoms with Gasteiger partial charge in [-0.2, -0.15) is 5.26 Å². The summed E-state index contributed by atoms with van der Waals surface area (Å²) in [4.78, 5) is 31.3. The van der Waals surface area contributed by atoms with Crippen molar-refractivity contribution in [1.29, 1.82) is 5.26 Å². The van der Waals surface area contributed by atoms with E-state index in [1.54, 1.807) is 13.8 Å². The Morgan fingerprint density at radius 3 is 2.74 bits per heavy atom. The van der Waals surface area contributed by atoms with E-state index >= 15 is 0 Å². The molecule has 0 aliphatic carbocycles. The third-order valence-corrected chi connectivity index (χ3v) is 4.42. The number of aromatic nitrogens is 2. The second kappa shape index (κ2) is 9.54. The van der Waals surface area contributed by atoms with Crippen molar-refractivity contribution in [3.05, 3.63) is 62.7 Å². The van der Waals surface area contributed by atoms with Crippen LogP contribution < -0.4 is 15.6 Å².